The lowest BCUT2D eigenvalue weighted by molar-refractivity contribution is 0.281. The summed E-state index contributed by atoms with van der Waals surface area (Å²) in [5, 5.41) is 12.6. The van der Waals surface area contributed by atoms with E-state index in [0.717, 1.165) is 18.5 Å². The van der Waals surface area contributed by atoms with Crippen molar-refractivity contribution in [1.29, 1.82) is 0 Å². The SMILES string of the molecule is CCCC1Cc2cc(CO)ccc2CN1. The Morgan fingerprint density at radius 1 is 1.40 bits per heavy atom. The summed E-state index contributed by atoms with van der Waals surface area (Å²) >= 11 is 0. The summed E-state index contributed by atoms with van der Waals surface area (Å²) < 4.78 is 0. The predicted octanol–water partition coefficient (Wildman–Crippen LogP) is 1.99. The van der Waals surface area contributed by atoms with Crippen LogP contribution in [-0.4, -0.2) is 11.1 Å². The van der Waals surface area contributed by atoms with E-state index in [-0.39, 0.29) is 6.61 Å². The summed E-state index contributed by atoms with van der Waals surface area (Å²) in [7, 11) is 0. The third-order valence-corrected chi connectivity index (χ3v) is 3.14. The molecular weight excluding hydrogens is 186 g/mol. The van der Waals surface area contributed by atoms with Gasteiger partial charge < -0.3 is 10.4 Å². The zero-order valence-electron chi connectivity index (χ0n) is 9.29. The van der Waals surface area contributed by atoms with Gasteiger partial charge in [-0.15, -0.1) is 0 Å². The van der Waals surface area contributed by atoms with Crippen LogP contribution < -0.4 is 5.32 Å². The molecule has 2 rings (SSSR count). The second-order valence-electron chi connectivity index (χ2n) is 4.33. The standard InChI is InChI=1S/C13H19NO/c1-2-3-13-7-12-6-10(9-15)4-5-11(12)8-14-13/h4-6,13-15H,2-3,7-9H2,1H3. The van der Waals surface area contributed by atoms with Crippen molar-refractivity contribution in [1.82, 2.24) is 5.32 Å². The number of hydrogen-bond donors (Lipinski definition) is 2. The zero-order valence-corrected chi connectivity index (χ0v) is 9.29. The first kappa shape index (κ1) is 10.7. The van der Waals surface area contributed by atoms with Crippen LogP contribution >= 0.6 is 0 Å². The van der Waals surface area contributed by atoms with Gasteiger partial charge in [-0.05, 0) is 29.5 Å². The Bertz CT molecular complexity index is 335. The summed E-state index contributed by atoms with van der Waals surface area (Å²) in [6, 6.07) is 6.92. The number of benzene rings is 1. The first-order valence-corrected chi connectivity index (χ1v) is 5.78. The van der Waals surface area contributed by atoms with Gasteiger partial charge in [0.15, 0.2) is 0 Å². The maximum Gasteiger partial charge on any atom is 0.0681 e. The van der Waals surface area contributed by atoms with Gasteiger partial charge in [0.25, 0.3) is 0 Å². The zero-order chi connectivity index (χ0) is 10.7. The van der Waals surface area contributed by atoms with Crippen LogP contribution in [0.5, 0.6) is 0 Å². The van der Waals surface area contributed by atoms with Gasteiger partial charge in [-0.25, -0.2) is 0 Å². The molecule has 1 unspecified atom stereocenters. The average molecular weight is 205 g/mol. The van der Waals surface area contributed by atoms with E-state index in [1.54, 1.807) is 0 Å². The average Bonchev–Trinajstić information content (AvgIpc) is 2.28. The number of fused-ring (bicyclic) bond motifs is 1. The lowest BCUT2D eigenvalue weighted by Gasteiger charge is -2.26. The number of nitrogens with one attached hydrogen (secondary N) is 1. The van der Waals surface area contributed by atoms with Crippen molar-refractivity contribution in [3.8, 4) is 0 Å². The lowest BCUT2D eigenvalue weighted by atomic mass is 9.92. The summed E-state index contributed by atoms with van der Waals surface area (Å²) in [6.45, 7) is 3.35. The minimum atomic E-state index is 0.152. The normalized spacial score (nSPS) is 20.0. The summed E-state index contributed by atoms with van der Waals surface area (Å²) in [4.78, 5) is 0. The molecule has 2 heteroatoms. The molecule has 0 spiro atoms. The summed E-state index contributed by atoms with van der Waals surface area (Å²) in [5.74, 6) is 0. The van der Waals surface area contributed by atoms with E-state index in [1.807, 2.05) is 6.07 Å². The molecule has 82 valence electrons. The van der Waals surface area contributed by atoms with Gasteiger partial charge in [0.1, 0.15) is 0 Å². The topological polar surface area (TPSA) is 32.3 Å². The number of aliphatic hydroxyl groups excluding tert-OH is 1. The van der Waals surface area contributed by atoms with Gasteiger partial charge in [0.2, 0.25) is 0 Å². The maximum absolute atomic E-state index is 9.09. The van der Waals surface area contributed by atoms with Gasteiger partial charge in [0.05, 0.1) is 6.61 Å². The Morgan fingerprint density at radius 2 is 2.27 bits per heavy atom. The molecule has 1 aliphatic heterocycles. The van der Waals surface area contributed by atoms with E-state index in [1.165, 1.54) is 24.0 Å². The molecule has 0 radical (unpaired) electrons. The molecule has 0 aliphatic carbocycles. The number of aliphatic hydroxyl groups is 1. The van der Waals surface area contributed by atoms with Crippen LogP contribution in [0.2, 0.25) is 0 Å². The largest absolute Gasteiger partial charge is 0.392 e. The van der Waals surface area contributed by atoms with E-state index in [2.05, 4.69) is 24.4 Å². The molecule has 2 N–H and O–H groups in total. The summed E-state index contributed by atoms with van der Waals surface area (Å²) in [5.41, 5.74) is 3.84. The molecule has 1 heterocycles. The van der Waals surface area contributed by atoms with Crippen LogP contribution in [-0.2, 0) is 19.6 Å². The third kappa shape index (κ3) is 2.39. The smallest absolute Gasteiger partial charge is 0.0681 e. The van der Waals surface area contributed by atoms with Crippen molar-refractivity contribution < 1.29 is 5.11 Å². The van der Waals surface area contributed by atoms with Crippen LogP contribution in [0, 0.1) is 0 Å². The van der Waals surface area contributed by atoms with Crippen molar-refractivity contribution in [3.63, 3.8) is 0 Å². The fourth-order valence-electron chi connectivity index (χ4n) is 2.28. The molecule has 15 heavy (non-hydrogen) atoms. The highest BCUT2D eigenvalue weighted by molar-refractivity contribution is 5.34. The Morgan fingerprint density at radius 3 is 3.00 bits per heavy atom. The van der Waals surface area contributed by atoms with Crippen LogP contribution in [0.25, 0.3) is 0 Å². The van der Waals surface area contributed by atoms with Crippen molar-refractivity contribution in [2.24, 2.45) is 0 Å². The first-order chi connectivity index (χ1) is 7.33. The molecule has 0 aromatic heterocycles. The first-order valence-electron chi connectivity index (χ1n) is 5.78. The molecule has 2 nitrogen and oxygen atoms in total. The second-order valence-corrected chi connectivity index (χ2v) is 4.33. The van der Waals surface area contributed by atoms with Gasteiger partial charge in [-0.1, -0.05) is 31.5 Å². The van der Waals surface area contributed by atoms with E-state index in [9.17, 15) is 0 Å². The summed E-state index contributed by atoms with van der Waals surface area (Å²) in [6.07, 6.45) is 3.58. The molecule has 1 aromatic carbocycles. The van der Waals surface area contributed by atoms with Crippen LogP contribution in [0.4, 0.5) is 0 Å². The van der Waals surface area contributed by atoms with Gasteiger partial charge >= 0.3 is 0 Å². The molecular formula is C13H19NO. The van der Waals surface area contributed by atoms with E-state index in [4.69, 9.17) is 5.11 Å². The molecule has 0 saturated heterocycles. The van der Waals surface area contributed by atoms with Gasteiger partial charge in [0, 0.05) is 12.6 Å². The molecule has 0 saturated carbocycles. The second kappa shape index (κ2) is 4.77. The monoisotopic (exact) mass is 205 g/mol. The highest BCUT2D eigenvalue weighted by Gasteiger charge is 2.16. The van der Waals surface area contributed by atoms with Gasteiger partial charge in [-0.3, -0.25) is 0 Å². The van der Waals surface area contributed by atoms with Crippen LogP contribution in [0.1, 0.15) is 36.5 Å². The van der Waals surface area contributed by atoms with Gasteiger partial charge in [-0.2, -0.15) is 0 Å². The highest BCUT2D eigenvalue weighted by atomic mass is 16.3. The number of hydrogen-bond acceptors (Lipinski definition) is 2. The van der Waals surface area contributed by atoms with Crippen molar-refractivity contribution in [2.75, 3.05) is 0 Å². The van der Waals surface area contributed by atoms with E-state index >= 15 is 0 Å². The third-order valence-electron chi connectivity index (χ3n) is 3.14. The predicted molar refractivity (Wildman–Crippen MR) is 61.6 cm³/mol. The molecule has 0 bridgehead atoms. The highest BCUT2D eigenvalue weighted by Crippen LogP contribution is 2.20. The van der Waals surface area contributed by atoms with Crippen molar-refractivity contribution in [2.45, 2.75) is 45.4 Å². The van der Waals surface area contributed by atoms with E-state index in [0.29, 0.717) is 6.04 Å². The molecule has 1 aromatic rings. The van der Waals surface area contributed by atoms with E-state index < -0.39 is 0 Å². The maximum atomic E-state index is 9.09. The van der Waals surface area contributed by atoms with Crippen LogP contribution in [0.3, 0.4) is 0 Å². The fourth-order valence-corrected chi connectivity index (χ4v) is 2.28. The quantitative estimate of drug-likeness (QED) is 0.791. The van der Waals surface area contributed by atoms with Crippen LogP contribution in [0.15, 0.2) is 18.2 Å². The Hall–Kier alpha value is -0.860. The fraction of sp³-hybridized carbons (Fsp3) is 0.538. The molecule has 1 aliphatic rings. The van der Waals surface area contributed by atoms with Crippen molar-refractivity contribution in [3.05, 3.63) is 34.9 Å². The lowest BCUT2D eigenvalue weighted by Crippen LogP contribution is -2.35. The minimum absolute atomic E-state index is 0.152. The Labute approximate surface area is 91.3 Å². The van der Waals surface area contributed by atoms with Crippen molar-refractivity contribution >= 4 is 0 Å². The molecule has 1 atom stereocenters. The Balaban J connectivity index is 2.16. The Kier molecular flexibility index (Phi) is 3.39. The molecule has 0 amide bonds. The minimum Gasteiger partial charge on any atom is -0.392 e. The molecule has 0 fully saturated rings. The number of rotatable bonds is 3.